The van der Waals surface area contributed by atoms with Crippen LogP contribution in [0, 0.1) is 0 Å². The maximum Gasteiger partial charge on any atom is 0.255 e. The molecule has 0 unspecified atom stereocenters. The lowest BCUT2D eigenvalue weighted by Crippen LogP contribution is -2.12. The van der Waals surface area contributed by atoms with Crippen LogP contribution in [0.4, 0.5) is 11.4 Å². The number of nitrogens with one attached hydrogen (secondary N) is 2. The lowest BCUT2D eigenvalue weighted by molar-refractivity contribution is 0.102. The Bertz CT molecular complexity index is 1030. The van der Waals surface area contributed by atoms with Gasteiger partial charge in [0.25, 0.3) is 15.9 Å². The molecule has 5 nitrogen and oxygen atoms in total. The van der Waals surface area contributed by atoms with Crippen molar-refractivity contribution in [2.24, 2.45) is 0 Å². The Balaban J connectivity index is 1.64. The van der Waals surface area contributed by atoms with Gasteiger partial charge in [0.15, 0.2) is 0 Å². The smallest absolute Gasteiger partial charge is 0.255 e. The van der Waals surface area contributed by atoms with Gasteiger partial charge in [-0.2, -0.15) is 0 Å². The first kappa shape index (κ1) is 18.4. The first-order chi connectivity index (χ1) is 13.0. The summed E-state index contributed by atoms with van der Waals surface area (Å²) in [5.74, 6) is -0.264. The summed E-state index contributed by atoms with van der Waals surface area (Å²) in [6.07, 6.45) is 1.52. The summed E-state index contributed by atoms with van der Waals surface area (Å²) in [6, 6.07) is 24.5. The Morgan fingerprint density at radius 1 is 0.741 bits per heavy atom. The minimum absolute atomic E-state index is 0.264. The number of rotatable bonds is 6. The van der Waals surface area contributed by atoms with Crippen molar-refractivity contribution >= 4 is 33.4 Å². The molecule has 136 valence electrons. The fraction of sp³-hybridized carbons (Fsp3) is 0. The fourth-order valence-corrected chi connectivity index (χ4v) is 3.21. The van der Waals surface area contributed by atoms with E-state index in [-0.39, 0.29) is 5.91 Å². The summed E-state index contributed by atoms with van der Waals surface area (Å²) in [5.41, 5.74) is 2.29. The van der Waals surface area contributed by atoms with Crippen molar-refractivity contribution in [3.63, 3.8) is 0 Å². The lowest BCUT2D eigenvalue weighted by Gasteiger charge is -2.07. The predicted octanol–water partition coefficient (Wildman–Crippen LogP) is 4.35. The van der Waals surface area contributed by atoms with Crippen LogP contribution in [0.3, 0.4) is 0 Å². The average Bonchev–Trinajstić information content (AvgIpc) is 2.68. The maximum atomic E-state index is 12.2. The number of benzene rings is 3. The molecule has 3 aromatic rings. The summed E-state index contributed by atoms with van der Waals surface area (Å²) >= 11 is 0. The Morgan fingerprint density at radius 3 is 1.96 bits per heavy atom. The first-order valence-electron chi connectivity index (χ1n) is 8.24. The number of sulfonamides is 1. The molecule has 0 bridgehead atoms. The van der Waals surface area contributed by atoms with Gasteiger partial charge in [-0.15, -0.1) is 0 Å². The molecule has 1 amide bonds. The fourth-order valence-electron chi connectivity index (χ4n) is 2.34. The zero-order valence-electron chi connectivity index (χ0n) is 14.4. The van der Waals surface area contributed by atoms with Crippen LogP contribution in [0.5, 0.6) is 0 Å². The molecular formula is C21H18N2O3S. The molecule has 6 heteroatoms. The van der Waals surface area contributed by atoms with Gasteiger partial charge in [0.05, 0.1) is 5.41 Å². The van der Waals surface area contributed by atoms with Crippen LogP contribution < -0.4 is 10.0 Å². The summed E-state index contributed by atoms with van der Waals surface area (Å²) in [7, 11) is -3.65. The quantitative estimate of drug-likeness (QED) is 0.669. The Kier molecular flexibility index (Phi) is 5.68. The van der Waals surface area contributed by atoms with E-state index >= 15 is 0 Å². The molecule has 0 saturated heterocycles. The molecule has 3 rings (SSSR count). The molecule has 0 atom stereocenters. The molecule has 0 radical (unpaired) electrons. The minimum atomic E-state index is -3.65. The summed E-state index contributed by atoms with van der Waals surface area (Å²) in [5, 5.41) is 3.89. The van der Waals surface area contributed by atoms with E-state index in [9.17, 15) is 13.2 Å². The van der Waals surface area contributed by atoms with Gasteiger partial charge < -0.3 is 5.32 Å². The molecule has 0 aliphatic carbocycles. The van der Waals surface area contributed by atoms with Gasteiger partial charge in [-0.25, -0.2) is 8.42 Å². The van der Waals surface area contributed by atoms with E-state index in [4.69, 9.17) is 0 Å². The molecule has 3 aromatic carbocycles. The van der Waals surface area contributed by atoms with Crippen molar-refractivity contribution < 1.29 is 13.2 Å². The van der Waals surface area contributed by atoms with Gasteiger partial charge in [-0.05, 0) is 48.0 Å². The number of anilines is 2. The number of carbonyl (C=O) groups excluding carboxylic acids is 1. The molecule has 0 aliphatic rings. The highest BCUT2D eigenvalue weighted by molar-refractivity contribution is 7.95. The van der Waals surface area contributed by atoms with E-state index in [0.717, 1.165) is 11.0 Å². The Hall–Kier alpha value is -3.38. The van der Waals surface area contributed by atoms with E-state index in [0.29, 0.717) is 16.9 Å². The van der Waals surface area contributed by atoms with Gasteiger partial charge in [0.2, 0.25) is 0 Å². The standard InChI is InChI=1S/C21H18N2O3S/c24-21(22-19-9-5-2-6-10-19)18-11-13-20(14-12-18)23-27(25,26)16-15-17-7-3-1-4-8-17/h1-16,23H,(H,22,24)/b16-15+. The maximum absolute atomic E-state index is 12.2. The van der Waals surface area contributed by atoms with Gasteiger partial charge in [0, 0.05) is 16.9 Å². The summed E-state index contributed by atoms with van der Waals surface area (Å²) in [4.78, 5) is 12.2. The van der Waals surface area contributed by atoms with Crippen LogP contribution in [0.1, 0.15) is 15.9 Å². The van der Waals surface area contributed by atoms with E-state index in [1.807, 2.05) is 48.5 Å². The second-order valence-electron chi connectivity index (χ2n) is 5.76. The van der Waals surface area contributed by atoms with Gasteiger partial charge in [0.1, 0.15) is 0 Å². The van der Waals surface area contributed by atoms with Crippen LogP contribution in [0.25, 0.3) is 6.08 Å². The highest BCUT2D eigenvalue weighted by Crippen LogP contribution is 2.14. The Morgan fingerprint density at radius 2 is 1.33 bits per heavy atom. The van der Waals surface area contributed by atoms with Crippen LogP contribution in [-0.2, 0) is 10.0 Å². The highest BCUT2D eigenvalue weighted by atomic mass is 32.2. The minimum Gasteiger partial charge on any atom is -0.322 e. The van der Waals surface area contributed by atoms with Crippen molar-refractivity contribution in [3.8, 4) is 0 Å². The topological polar surface area (TPSA) is 75.3 Å². The van der Waals surface area contributed by atoms with Crippen LogP contribution in [-0.4, -0.2) is 14.3 Å². The number of amides is 1. The van der Waals surface area contributed by atoms with E-state index in [1.54, 1.807) is 36.4 Å². The highest BCUT2D eigenvalue weighted by Gasteiger charge is 2.08. The second kappa shape index (κ2) is 8.33. The van der Waals surface area contributed by atoms with Gasteiger partial charge in [-0.3, -0.25) is 9.52 Å². The summed E-state index contributed by atoms with van der Waals surface area (Å²) in [6.45, 7) is 0. The van der Waals surface area contributed by atoms with E-state index in [1.165, 1.54) is 6.08 Å². The molecule has 0 heterocycles. The predicted molar refractivity (Wildman–Crippen MR) is 109 cm³/mol. The molecule has 0 spiro atoms. The third kappa shape index (κ3) is 5.55. The largest absolute Gasteiger partial charge is 0.322 e. The van der Waals surface area contributed by atoms with Crippen LogP contribution in [0.15, 0.2) is 90.3 Å². The molecule has 0 fully saturated rings. The zero-order valence-corrected chi connectivity index (χ0v) is 15.2. The van der Waals surface area contributed by atoms with Crippen molar-refractivity contribution in [2.75, 3.05) is 10.0 Å². The molecule has 0 aromatic heterocycles. The normalized spacial score (nSPS) is 11.3. The molecule has 0 aliphatic heterocycles. The van der Waals surface area contributed by atoms with Crippen molar-refractivity contribution in [3.05, 3.63) is 101 Å². The van der Waals surface area contributed by atoms with Gasteiger partial charge in [-0.1, -0.05) is 48.5 Å². The lowest BCUT2D eigenvalue weighted by atomic mass is 10.2. The second-order valence-corrected chi connectivity index (χ2v) is 7.32. The third-order valence-corrected chi connectivity index (χ3v) is 4.69. The molecule has 0 saturated carbocycles. The van der Waals surface area contributed by atoms with E-state index in [2.05, 4.69) is 10.0 Å². The van der Waals surface area contributed by atoms with E-state index < -0.39 is 10.0 Å². The van der Waals surface area contributed by atoms with Crippen LogP contribution >= 0.6 is 0 Å². The van der Waals surface area contributed by atoms with Crippen molar-refractivity contribution in [1.29, 1.82) is 0 Å². The number of hydrogen-bond donors (Lipinski definition) is 2. The monoisotopic (exact) mass is 378 g/mol. The number of para-hydroxylation sites is 1. The number of hydrogen-bond acceptors (Lipinski definition) is 3. The average molecular weight is 378 g/mol. The third-order valence-electron chi connectivity index (χ3n) is 3.68. The molecule has 27 heavy (non-hydrogen) atoms. The molecule has 2 N–H and O–H groups in total. The van der Waals surface area contributed by atoms with Gasteiger partial charge >= 0.3 is 0 Å². The number of carbonyl (C=O) groups is 1. The SMILES string of the molecule is O=C(Nc1ccccc1)c1ccc(NS(=O)(=O)/C=C/c2ccccc2)cc1. The molecular weight excluding hydrogens is 360 g/mol. The zero-order chi connectivity index (χ0) is 19.1. The summed E-state index contributed by atoms with van der Waals surface area (Å²) < 4.78 is 26.8. The Labute approximate surface area is 158 Å². The van der Waals surface area contributed by atoms with Crippen molar-refractivity contribution in [1.82, 2.24) is 0 Å². The van der Waals surface area contributed by atoms with Crippen molar-refractivity contribution in [2.45, 2.75) is 0 Å². The first-order valence-corrected chi connectivity index (χ1v) is 9.79. The van der Waals surface area contributed by atoms with Crippen LogP contribution in [0.2, 0.25) is 0 Å².